The van der Waals surface area contributed by atoms with Crippen LogP contribution >= 0.6 is 11.3 Å². The molecule has 0 saturated carbocycles. The van der Waals surface area contributed by atoms with Gasteiger partial charge in [-0.05, 0) is 56.4 Å². The van der Waals surface area contributed by atoms with Crippen molar-refractivity contribution in [3.05, 3.63) is 51.4 Å². The molecule has 8 heteroatoms. The molecule has 7 nitrogen and oxygen atoms in total. The highest BCUT2D eigenvalue weighted by atomic mass is 32.1. The molecule has 1 aromatic heterocycles. The van der Waals surface area contributed by atoms with Crippen LogP contribution in [0.1, 0.15) is 56.5 Å². The van der Waals surface area contributed by atoms with Gasteiger partial charge >= 0.3 is 11.9 Å². The van der Waals surface area contributed by atoms with E-state index in [1.165, 1.54) is 23.5 Å². The normalized spacial score (nSPS) is 12.4. The topological polar surface area (TPSA) is 105 Å². The minimum Gasteiger partial charge on any atom is -0.462 e. The standard InChI is InChI=1S/C21H20N2O5S/c1-2-27-21(26)18-15-8-3-4-9-16(15)29-19(18)23-17(24)12-28-20(25)14-7-5-6-13(10-14)11-22/h5-7,10H,2-4,8-9,12H2,1H3,(H,23,24). The molecule has 0 aliphatic heterocycles. The Morgan fingerprint density at radius 2 is 1.97 bits per heavy atom. The van der Waals surface area contributed by atoms with Gasteiger partial charge in [0.15, 0.2) is 6.61 Å². The maximum Gasteiger partial charge on any atom is 0.341 e. The number of amides is 1. The molecule has 0 bridgehead atoms. The van der Waals surface area contributed by atoms with Crippen molar-refractivity contribution in [2.24, 2.45) is 0 Å². The first-order valence-corrected chi connectivity index (χ1v) is 10.1. The van der Waals surface area contributed by atoms with Crippen molar-refractivity contribution in [1.82, 2.24) is 0 Å². The van der Waals surface area contributed by atoms with Crippen LogP contribution in [-0.2, 0) is 27.1 Å². The summed E-state index contributed by atoms with van der Waals surface area (Å²) in [6.07, 6.45) is 3.68. The van der Waals surface area contributed by atoms with Gasteiger partial charge in [0.2, 0.25) is 0 Å². The second kappa shape index (κ2) is 9.34. The minimum absolute atomic E-state index is 0.190. The van der Waals surface area contributed by atoms with E-state index in [-0.39, 0.29) is 12.2 Å². The Morgan fingerprint density at radius 3 is 2.72 bits per heavy atom. The number of rotatable bonds is 6. The van der Waals surface area contributed by atoms with Crippen molar-refractivity contribution in [3.8, 4) is 6.07 Å². The first-order valence-electron chi connectivity index (χ1n) is 9.32. The number of aryl methyl sites for hydroxylation is 1. The molecule has 150 valence electrons. The molecule has 1 aromatic carbocycles. The van der Waals surface area contributed by atoms with E-state index in [9.17, 15) is 14.4 Å². The number of carbonyl (C=O) groups is 3. The van der Waals surface area contributed by atoms with E-state index in [1.54, 1.807) is 19.1 Å². The molecule has 0 atom stereocenters. The zero-order valence-electron chi connectivity index (χ0n) is 15.9. The lowest BCUT2D eigenvalue weighted by Gasteiger charge is -2.12. The lowest BCUT2D eigenvalue weighted by atomic mass is 9.95. The average Bonchev–Trinajstić information content (AvgIpc) is 3.10. The number of carbonyl (C=O) groups excluding carboxylic acids is 3. The third kappa shape index (κ3) is 4.81. The Labute approximate surface area is 172 Å². The van der Waals surface area contributed by atoms with Gasteiger partial charge in [0.05, 0.1) is 29.4 Å². The van der Waals surface area contributed by atoms with Crippen LogP contribution in [0.3, 0.4) is 0 Å². The number of benzene rings is 1. The molecule has 1 heterocycles. The summed E-state index contributed by atoms with van der Waals surface area (Å²) in [7, 11) is 0. The summed E-state index contributed by atoms with van der Waals surface area (Å²) in [4.78, 5) is 37.9. The SMILES string of the molecule is CCOC(=O)c1c(NC(=O)COC(=O)c2cccc(C#N)c2)sc2c1CCCC2. The number of nitrogens with one attached hydrogen (secondary N) is 1. The number of ether oxygens (including phenoxy) is 2. The fourth-order valence-corrected chi connectivity index (χ4v) is 4.46. The number of nitriles is 1. The van der Waals surface area contributed by atoms with Gasteiger partial charge in [0.25, 0.3) is 5.91 Å². The molecule has 3 rings (SSSR count). The molecule has 1 aliphatic carbocycles. The Morgan fingerprint density at radius 1 is 1.17 bits per heavy atom. The second-order valence-corrected chi connectivity index (χ2v) is 7.56. The molecule has 1 N–H and O–H groups in total. The molecule has 2 aromatic rings. The molecule has 0 fully saturated rings. The molecular weight excluding hydrogens is 392 g/mol. The van der Waals surface area contributed by atoms with Crippen LogP contribution in [0.5, 0.6) is 0 Å². The van der Waals surface area contributed by atoms with Crippen molar-refractivity contribution in [3.63, 3.8) is 0 Å². The number of hydrogen-bond acceptors (Lipinski definition) is 7. The van der Waals surface area contributed by atoms with Gasteiger partial charge in [0.1, 0.15) is 5.00 Å². The molecule has 1 aliphatic rings. The summed E-state index contributed by atoms with van der Waals surface area (Å²) in [5, 5.41) is 12.0. The number of hydrogen-bond donors (Lipinski definition) is 1. The van der Waals surface area contributed by atoms with Crippen LogP contribution in [0.25, 0.3) is 0 Å². The van der Waals surface area contributed by atoms with Gasteiger partial charge in [0, 0.05) is 4.88 Å². The minimum atomic E-state index is -0.701. The van der Waals surface area contributed by atoms with Crippen molar-refractivity contribution in [2.75, 3.05) is 18.5 Å². The van der Waals surface area contributed by atoms with Gasteiger partial charge in [-0.2, -0.15) is 5.26 Å². The van der Waals surface area contributed by atoms with Crippen LogP contribution in [0, 0.1) is 11.3 Å². The van der Waals surface area contributed by atoms with E-state index in [4.69, 9.17) is 14.7 Å². The summed E-state index contributed by atoms with van der Waals surface area (Å²) < 4.78 is 10.2. The van der Waals surface area contributed by atoms with Crippen molar-refractivity contribution in [2.45, 2.75) is 32.6 Å². The number of thiophene rings is 1. The number of fused-ring (bicyclic) bond motifs is 1. The van der Waals surface area contributed by atoms with E-state index in [1.807, 2.05) is 6.07 Å². The number of anilines is 1. The zero-order chi connectivity index (χ0) is 20.8. The van der Waals surface area contributed by atoms with Gasteiger partial charge in [-0.3, -0.25) is 4.79 Å². The van der Waals surface area contributed by atoms with Crippen LogP contribution in [-0.4, -0.2) is 31.1 Å². The third-order valence-corrected chi connectivity index (χ3v) is 5.67. The summed E-state index contributed by atoms with van der Waals surface area (Å²) in [6.45, 7) is 1.48. The van der Waals surface area contributed by atoms with Crippen molar-refractivity contribution >= 4 is 34.2 Å². The van der Waals surface area contributed by atoms with Gasteiger partial charge < -0.3 is 14.8 Å². The highest BCUT2D eigenvalue weighted by Gasteiger charge is 2.27. The van der Waals surface area contributed by atoms with Crippen molar-refractivity contribution < 1.29 is 23.9 Å². The molecule has 29 heavy (non-hydrogen) atoms. The van der Waals surface area contributed by atoms with Crippen LogP contribution in [0.4, 0.5) is 5.00 Å². The second-order valence-electron chi connectivity index (χ2n) is 6.45. The first kappa shape index (κ1) is 20.6. The fraction of sp³-hybridized carbons (Fsp3) is 0.333. The first-order chi connectivity index (χ1) is 14.0. The van der Waals surface area contributed by atoms with Gasteiger partial charge in [-0.25, -0.2) is 9.59 Å². The molecule has 0 saturated heterocycles. The smallest absolute Gasteiger partial charge is 0.341 e. The fourth-order valence-electron chi connectivity index (χ4n) is 3.17. The van der Waals surface area contributed by atoms with E-state index in [0.29, 0.717) is 16.1 Å². The highest BCUT2D eigenvalue weighted by molar-refractivity contribution is 7.17. The summed E-state index contributed by atoms with van der Waals surface area (Å²) in [5.41, 5.74) is 1.87. The third-order valence-electron chi connectivity index (χ3n) is 4.47. The quantitative estimate of drug-likeness (QED) is 0.729. The molecular formula is C21H20N2O5S. The van der Waals surface area contributed by atoms with Crippen LogP contribution in [0.15, 0.2) is 24.3 Å². The Bertz CT molecular complexity index is 989. The van der Waals surface area contributed by atoms with Crippen molar-refractivity contribution in [1.29, 1.82) is 5.26 Å². The lowest BCUT2D eigenvalue weighted by Crippen LogP contribution is -2.22. The Balaban J connectivity index is 1.69. The predicted molar refractivity (Wildman–Crippen MR) is 107 cm³/mol. The Hall–Kier alpha value is -3.18. The van der Waals surface area contributed by atoms with E-state index < -0.39 is 24.5 Å². The molecule has 0 spiro atoms. The maximum atomic E-state index is 12.4. The van der Waals surface area contributed by atoms with Gasteiger partial charge in [-0.15, -0.1) is 11.3 Å². The summed E-state index contributed by atoms with van der Waals surface area (Å²) >= 11 is 1.37. The number of esters is 2. The van der Waals surface area contributed by atoms with E-state index in [2.05, 4.69) is 5.32 Å². The molecule has 0 radical (unpaired) electrons. The summed E-state index contributed by atoms with van der Waals surface area (Å²) in [5.74, 6) is -1.69. The molecule has 1 amide bonds. The molecule has 0 unspecified atom stereocenters. The predicted octanol–water partition coefficient (Wildman–Crippen LogP) is 3.47. The summed E-state index contributed by atoms with van der Waals surface area (Å²) in [6, 6.07) is 7.98. The lowest BCUT2D eigenvalue weighted by molar-refractivity contribution is -0.119. The van der Waals surface area contributed by atoms with Crippen LogP contribution in [0.2, 0.25) is 0 Å². The van der Waals surface area contributed by atoms with Crippen LogP contribution < -0.4 is 5.32 Å². The van der Waals surface area contributed by atoms with E-state index in [0.717, 1.165) is 36.1 Å². The monoisotopic (exact) mass is 412 g/mol. The zero-order valence-corrected chi connectivity index (χ0v) is 16.8. The average molecular weight is 412 g/mol. The largest absolute Gasteiger partial charge is 0.462 e. The highest BCUT2D eigenvalue weighted by Crippen LogP contribution is 2.38. The Kier molecular flexibility index (Phi) is 6.62. The maximum absolute atomic E-state index is 12.4. The van der Waals surface area contributed by atoms with Gasteiger partial charge in [-0.1, -0.05) is 6.07 Å². The van der Waals surface area contributed by atoms with E-state index >= 15 is 0 Å². The number of nitrogens with zero attached hydrogens (tertiary/aromatic N) is 1.